The molecule has 5 nitrogen and oxygen atoms in total. The van der Waals surface area contributed by atoms with Gasteiger partial charge in [0.05, 0.1) is 17.0 Å². The van der Waals surface area contributed by atoms with Gasteiger partial charge in [-0.3, -0.25) is 9.78 Å². The maximum atomic E-state index is 13.6. The summed E-state index contributed by atoms with van der Waals surface area (Å²) in [6, 6.07) is 7.57. The van der Waals surface area contributed by atoms with E-state index in [4.69, 9.17) is 0 Å². The second-order valence-electron chi connectivity index (χ2n) is 6.54. The third kappa shape index (κ3) is 5.39. The molecule has 0 atom stereocenters. The van der Waals surface area contributed by atoms with Crippen LogP contribution in [0.4, 0.5) is 24.5 Å². The summed E-state index contributed by atoms with van der Waals surface area (Å²) in [4.78, 5) is 20.9. The van der Waals surface area contributed by atoms with Crippen LogP contribution in [-0.2, 0) is 11.0 Å². The van der Waals surface area contributed by atoms with Crippen LogP contribution in [0.5, 0.6) is 0 Å². The highest BCUT2D eigenvalue weighted by atomic mass is 32.2. The number of thioether (sulfide) groups is 1. The van der Waals surface area contributed by atoms with Gasteiger partial charge in [-0.05, 0) is 37.4 Å². The summed E-state index contributed by atoms with van der Waals surface area (Å²) in [5.74, 6) is -0.471. The summed E-state index contributed by atoms with van der Waals surface area (Å²) in [7, 11) is 1.99. The lowest BCUT2D eigenvalue weighted by molar-refractivity contribution is -0.136. The Kier molecular flexibility index (Phi) is 6.46. The number of pyridine rings is 1. The van der Waals surface area contributed by atoms with Crippen molar-refractivity contribution in [1.82, 2.24) is 9.88 Å². The molecule has 3 rings (SSSR count). The molecule has 1 aromatic carbocycles. The summed E-state index contributed by atoms with van der Waals surface area (Å²) in [6.07, 6.45) is -1.36. The molecule has 0 saturated carbocycles. The fraction of sp³-hybridized carbons (Fsp3) is 0.368. The van der Waals surface area contributed by atoms with Gasteiger partial charge in [-0.1, -0.05) is 0 Å². The molecule has 1 aliphatic rings. The second kappa shape index (κ2) is 8.83. The first-order valence-electron chi connectivity index (χ1n) is 8.80. The van der Waals surface area contributed by atoms with Crippen LogP contribution in [0.3, 0.4) is 0 Å². The number of alkyl halides is 3. The van der Waals surface area contributed by atoms with Crippen molar-refractivity contribution in [3.63, 3.8) is 0 Å². The van der Waals surface area contributed by atoms with E-state index >= 15 is 0 Å². The number of rotatable bonds is 5. The zero-order chi connectivity index (χ0) is 20.1. The summed E-state index contributed by atoms with van der Waals surface area (Å²) in [6.45, 7) is 2.93. The number of hydrogen-bond donors (Lipinski definition) is 1. The van der Waals surface area contributed by atoms with Crippen molar-refractivity contribution in [3.05, 3.63) is 48.3 Å². The minimum Gasteiger partial charge on any atom is -0.369 e. The van der Waals surface area contributed by atoms with Gasteiger partial charge in [-0.25, -0.2) is 0 Å². The van der Waals surface area contributed by atoms with E-state index in [1.165, 1.54) is 17.8 Å². The number of amides is 1. The number of nitrogens with one attached hydrogen (secondary N) is 1. The van der Waals surface area contributed by atoms with Crippen molar-refractivity contribution in [3.8, 4) is 0 Å². The van der Waals surface area contributed by atoms with Gasteiger partial charge in [-0.15, -0.1) is 11.8 Å². The van der Waals surface area contributed by atoms with Gasteiger partial charge in [-0.2, -0.15) is 13.2 Å². The Morgan fingerprint density at radius 3 is 2.46 bits per heavy atom. The molecule has 2 heterocycles. The number of hydrogen-bond acceptors (Lipinski definition) is 5. The Hall–Kier alpha value is -2.26. The smallest absolute Gasteiger partial charge is 0.369 e. The van der Waals surface area contributed by atoms with E-state index in [0.717, 1.165) is 24.1 Å². The van der Waals surface area contributed by atoms with E-state index in [1.54, 1.807) is 30.6 Å². The molecular weight excluding hydrogens is 389 g/mol. The molecule has 2 aromatic rings. The zero-order valence-electron chi connectivity index (χ0n) is 15.4. The largest absolute Gasteiger partial charge is 0.418 e. The molecule has 1 amide bonds. The normalized spacial score (nSPS) is 15.5. The van der Waals surface area contributed by atoms with Crippen molar-refractivity contribution in [2.75, 3.05) is 49.2 Å². The van der Waals surface area contributed by atoms with Crippen LogP contribution >= 0.6 is 11.8 Å². The molecule has 0 bridgehead atoms. The Morgan fingerprint density at radius 1 is 1.14 bits per heavy atom. The Bertz CT molecular complexity index is 809. The first kappa shape index (κ1) is 20.5. The maximum absolute atomic E-state index is 13.6. The number of piperazine rings is 1. The molecule has 0 unspecified atom stereocenters. The third-order valence-electron chi connectivity index (χ3n) is 4.47. The second-order valence-corrected chi connectivity index (χ2v) is 7.59. The molecule has 0 radical (unpaired) electrons. The summed E-state index contributed by atoms with van der Waals surface area (Å²) in [5.41, 5.74) is -0.526. The van der Waals surface area contributed by atoms with E-state index in [1.807, 2.05) is 11.9 Å². The van der Waals surface area contributed by atoms with E-state index in [2.05, 4.69) is 15.2 Å². The number of anilines is 2. The summed E-state index contributed by atoms with van der Waals surface area (Å²) in [5, 5.41) is 2.40. The van der Waals surface area contributed by atoms with Gasteiger partial charge in [0.1, 0.15) is 0 Å². The Balaban J connectivity index is 1.72. The number of likely N-dealkylation sites (N-methyl/N-ethyl adjacent to an activating group) is 1. The number of carbonyl (C=O) groups excluding carboxylic acids is 1. The fourth-order valence-electron chi connectivity index (χ4n) is 2.91. The lowest BCUT2D eigenvalue weighted by Crippen LogP contribution is -2.44. The maximum Gasteiger partial charge on any atom is 0.418 e. The monoisotopic (exact) mass is 410 g/mol. The molecule has 0 aliphatic carbocycles. The number of halogens is 3. The van der Waals surface area contributed by atoms with Gasteiger partial charge in [0.15, 0.2) is 0 Å². The first-order valence-corrected chi connectivity index (χ1v) is 9.79. The highest BCUT2D eigenvalue weighted by Gasteiger charge is 2.35. The van der Waals surface area contributed by atoms with Gasteiger partial charge in [0, 0.05) is 49.2 Å². The first-order chi connectivity index (χ1) is 13.3. The average Bonchev–Trinajstić information content (AvgIpc) is 2.67. The van der Waals surface area contributed by atoms with Crippen LogP contribution < -0.4 is 10.2 Å². The van der Waals surface area contributed by atoms with Crippen molar-refractivity contribution in [1.29, 1.82) is 0 Å². The Labute approximate surface area is 165 Å². The van der Waals surface area contributed by atoms with Gasteiger partial charge < -0.3 is 15.1 Å². The minimum atomic E-state index is -4.55. The van der Waals surface area contributed by atoms with Crippen LogP contribution in [0, 0.1) is 0 Å². The molecule has 28 heavy (non-hydrogen) atoms. The SMILES string of the molecule is CN1CCN(c2ccc(NC(=O)CSc3ccncc3)c(C(F)(F)F)c2)CC1. The summed E-state index contributed by atoms with van der Waals surface area (Å²) >= 11 is 1.24. The highest BCUT2D eigenvalue weighted by Crippen LogP contribution is 2.37. The lowest BCUT2D eigenvalue weighted by atomic mass is 10.1. The number of benzene rings is 1. The Morgan fingerprint density at radius 2 is 1.82 bits per heavy atom. The van der Waals surface area contributed by atoms with Gasteiger partial charge in [0.2, 0.25) is 5.91 Å². The van der Waals surface area contributed by atoms with Crippen LogP contribution in [0.25, 0.3) is 0 Å². The third-order valence-corrected chi connectivity index (χ3v) is 5.48. The highest BCUT2D eigenvalue weighted by molar-refractivity contribution is 8.00. The van der Waals surface area contributed by atoms with Crippen molar-refractivity contribution in [2.24, 2.45) is 0 Å². The molecule has 1 fully saturated rings. The van der Waals surface area contributed by atoms with Crippen LogP contribution in [0.2, 0.25) is 0 Å². The molecule has 0 spiro atoms. The number of nitrogens with zero attached hydrogens (tertiary/aromatic N) is 3. The molecule has 1 saturated heterocycles. The van der Waals surface area contributed by atoms with E-state index in [9.17, 15) is 18.0 Å². The zero-order valence-corrected chi connectivity index (χ0v) is 16.2. The van der Waals surface area contributed by atoms with Crippen LogP contribution in [0.1, 0.15) is 5.56 Å². The van der Waals surface area contributed by atoms with Crippen molar-refractivity contribution in [2.45, 2.75) is 11.1 Å². The fourth-order valence-corrected chi connectivity index (χ4v) is 3.59. The lowest BCUT2D eigenvalue weighted by Gasteiger charge is -2.34. The van der Waals surface area contributed by atoms with Crippen molar-refractivity contribution >= 4 is 29.0 Å². The molecule has 9 heteroatoms. The summed E-state index contributed by atoms with van der Waals surface area (Å²) < 4.78 is 40.7. The minimum absolute atomic E-state index is 0.0154. The number of aromatic nitrogens is 1. The molecular formula is C19H21F3N4OS. The van der Waals surface area contributed by atoms with Crippen LogP contribution in [-0.4, -0.2) is 54.8 Å². The van der Waals surface area contributed by atoms with E-state index < -0.39 is 17.6 Å². The van der Waals surface area contributed by atoms with Crippen LogP contribution in [0.15, 0.2) is 47.6 Å². The quantitative estimate of drug-likeness (QED) is 0.764. The predicted molar refractivity (Wildman–Crippen MR) is 105 cm³/mol. The van der Waals surface area contributed by atoms with Gasteiger partial charge >= 0.3 is 6.18 Å². The molecule has 1 aliphatic heterocycles. The molecule has 1 aromatic heterocycles. The standard InChI is InChI=1S/C19H21F3N4OS/c1-25-8-10-26(11-9-25)14-2-3-17(16(12-14)19(20,21)22)24-18(27)13-28-15-4-6-23-7-5-15/h2-7,12H,8-11,13H2,1H3,(H,24,27). The average molecular weight is 410 g/mol. The van der Waals surface area contributed by atoms with Crippen molar-refractivity contribution < 1.29 is 18.0 Å². The molecule has 150 valence electrons. The molecule has 1 N–H and O–H groups in total. The van der Waals surface area contributed by atoms with E-state index in [-0.39, 0.29) is 11.4 Å². The van der Waals surface area contributed by atoms with E-state index in [0.29, 0.717) is 18.8 Å². The topological polar surface area (TPSA) is 48.5 Å². The number of carbonyl (C=O) groups is 1. The van der Waals surface area contributed by atoms with Gasteiger partial charge in [0.25, 0.3) is 0 Å². The predicted octanol–water partition coefficient (Wildman–Crippen LogP) is 3.58.